The molecule has 0 unspecified atom stereocenters. The summed E-state index contributed by atoms with van der Waals surface area (Å²) in [7, 11) is -1.55. The fourth-order valence-corrected chi connectivity index (χ4v) is 28.2. The maximum atomic E-state index is 8.53. The summed E-state index contributed by atoms with van der Waals surface area (Å²) in [5.74, 6) is 0. The van der Waals surface area contributed by atoms with Gasteiger partial charge in [-0.1, -0.05) is 0 Å². The second-order valence-electron chi connectivity index (χ2n) is 16.6. The van der Waals surface area contributed by atoms with Crippen LogP contribution in [0.25, 0.3) is 0 Å². The van der Waals surface area contributed by atoms with Crippen molar-refractivity contribution in [2.45, 2.75) is 0 Å². The maximum absolute atomic E-state index is 8.53. The van der Waals surface area contributed by atoms with Gasteiger partial charge in [0.25, 0.3) is 0 Å². The molecule has 0 fully saturated rings. The van der Waals surface area contributed by atoms with Gasteiger partial charge in [0.1, 0.15) is 0 Å². The molecule has 9 aromatic rings. The zero-order valence-electron chi connectivity index (χ0n) is 36.9. The number of hydrogen-bond acceptors (Lipinski definition) is 3. The van der Waals surface area contributed by atoms with Gasteiger partial charge in [0.15, 0.2) is 0 Å². The monoisotopic (exact) mass is 992 g/mol. The van der Waals surface area contributed by atoms with E-state index in [1.165, 1.54) is 0 Å². The van der Waals surface area contributed by atoms with Gasteiger partial charge in [-0.05, 0) is 0 Å². The molecule has 0 saturated heterocycles. The molecule has 0 amide bonds. The SMILES string of the molecule is ClCP(OB(OP(CCl)(c1ccccc1)(c1ccccc1)c1ccccc1)OP(CCl)(c1ccccc1)(c1ccccc1)c1ccccc1)(c1ccccc1)(c1ccccc1)c1ccccc1. The molecule has 0 spiro atoms. The Balaban J connectivity index is 1.50. The van der Waals surface area contributed by atoms with E-state index in [0.29, 0.717) is 0 Å². The summed E-state index contributed by atoms with van der Waals surface area (Å²) >= 11 is 23.7. The molecule has 0 aliphatic rings. The summed E-state index contributed by atoms with van der Waals surface area (Å²) in [6, 6.07) is 93.2. The Morgan fingerprint density at radius 1 is 0.224 bits per heavy atom. The molecule has 9 rings (SSSR count). The van der Waals surface area contributed by atoms with E-state index in [9.17, 15) is 0 Å². The van der Waals surface area contributed by atoms with Crippen LogP contribution in [0.3, 0.4) is 0 Å². The van der Waals surface area contributed by atoms with Gasteiger partial charge in [-0.25, -0.2) is 0 Å². The van der Waals surface area contributed by atoms with Crippen molar-refractivity contribution in [2.75, 3.05) is 16.9 Å². The van der Waals surface area contributed by atoms with Crippen molar-refractivity contribution in [1.82, 2.24) is 0 Å². The van der Waals surface area contributed by atoms with Crippen LogP contribution in [-0.2, 0) is 13.3 Å². The molecule has 336 valence electrons. The molecule has 67 heavy (non-hydrogen) atoms. The minimum atomic E-state index is -4.49. The zero-order valence-corrected chi connectivity index (χ0v) is 41.8. The third kappa shape index (κ3) is 7.46. The molecular weight excluding hydrogens is 943 g/mol. The van der Waals surface area contributed by atoms with Crippen LogP contribution >= 0.6 is 55.3 Å². The third-order valence-corrected chi connectivity index (χ3v) is 33.3. The van der Waals surface area contributed by atoms with Gasteiger partial charge in [0.2, 0.25) is 0 Å². The number of halogens is 3. The van der Waals surface area contributed by atoms with Crippen molar-refractivity contribution in [3.05, 3.63) is 273 Å². The molecule has 0 bridgehead atoms. The average molecular weight is 994 g/mol. The van der Waals surface area contributed by atoms with Gasteiger partial charge in [-0.3, -0.25) is 0 Å². The normalized spacial score (nSPS) is 13.7. The molecule has 0 aliphatic heterocycles. The van der Waals surface area contributed by atoms with Crippen LogP contribution in [0.5, 0.6) is 0 Å². The van der Waals surface area contributed by atoms with Crippen LogP contribution in [0.15, 0.2) is 273 Å². The third-order valence-electron chi connectivity index (χ3n) is 13.4. The molecule has 3 nitrogen and oxygen atoms in total. The first-order valence-electron chi connectivity index (χ1n) is 22.2. The molecule has 9 aromatic carbocycles. The van der Waals surface area contributed by atoms with Gasteiger partial charge < -0.3 is 0 Å². The topological polar surface area (TPSA) is 27.7 Å². The summed E-state index contributed by atoms with van der Waals surface area (Å²) in [6.45, 7) is -13.5. The van der Waals surface area contributed by atoms with Crippen molar-refractivity contribution in [1.29, 1.82) is 0 Å². The Hall–Kier alpha value is -4.92. The molecule has 0 atom stereocenters. The van der Waals surface area contributed by atoms with Crippen LogP contribution in [-0.4, -0.2) is 24.2 Å². The van der Waals surface area contributed by atoms with Crippen molar-refractivity contribution >= 4 is 110 Å². The molecular formula is C57H51BCl3O3P3. The van der Waals surface area contributed by atoms with E-state index in [4.69, 9.17) is 48.1 Å². The Kier molecular flexibility index (Phi) is 13.8. The number of benzene rings is 9. The summed E-state index contributed by atoms with van der Waals surface area (Å²) in [4.78, 5) is 0. The van der Waals surface area contributed by atoms with Gasteiger partial charge in [0, 0.05) is 0 Å². The van der Waals surface area contributed by atoms with Crippen LogP contribution in [0.4, 0.5) is 0 Å². The van der Waals surface area contributed by atoms with Crippen LogP contribution in [0.1, 0.15) is 0 Å². The second kappa shape index (κ2) is 19.6. The first kappa shape index (κ1) is 47.2. The van der Waals surface area contributed by atoms with E-state index in [2.05, 4.69) is 109 Å². The summed E-state index contributed by atoms with van der Waals surface area (Å²) in [6.07, 6.45) is 0. The number of rotatable bonds is 18. The van der Waals surface area contributed by atoms with Gasteiger partial charge >= 0.3 is 414 Å². The Morgan fingerprint density at radius 3 is 0.448 bits per heavy atom. The number of alkyl halides is 3. The quantitative estimate of drug-likeness (QED) is 0.0487. The second-order valence-corrected chi connectivity index (χ2v) is 32.0. The summed E-state index contributed by atoms with van der Waals surface area (Å²) < 4.78 is 25.6. The molecule has 10 heteroatoms. The van der Waals surface area contributed by atoms with Gasteiger partial charge in [-0.2, -0.15) is 0 Å². The molecule has 0 heterocycles. The Bertz CT molecular complexity index is 2360. The van der Waals surface area contributed by atoms with Gasteiger partial charge in [0.05, 0.1) is 0 Å². The minimum absolute atomic E-state index is 0.0323. The fourth-order valence-electron chi connectivity index (χ4n) is 9.91. The van der Waals surface area contributed by atoms with Crippen molar-refractivity contribution < 1.29 is 13.3 Å². The van der Waals surface area contributed by atoms with Gasteiger partial charge in [-0.15, -0.1) is 0 Å². The first-order chi connectivity index (χ1) is 32.9. The van der Waals surface area contributed by atoms with Crippen LogP contribution in [0, 0.1) is 0 Å². The van der Waals surface area contributed by atoms with Crippen molar-refractivity contribution in [3.63, 3.8) is 0 Å². The van der Waals surface area contributed by atoms with E-state index in [0.717, 1.165) is 47.7 Å². The van der Waals surface area contributed by atoms with E-state index in [1.54, 1.807) is 0 Å². The predicted octanol–water partition coefficient (Wildman–Crippen LogP) is 11.9. The Labute approximate surface area is 410 Å². The van der Waals surface area contributed by atoms with E-state index < -0.39 is 27.8 Å². The molecule has 0 aliphatic carbocycles. The predicted molar refractivity (Wildman–Crippen MR) is 297 cm³/mol. The van der Waals surface area contributed by atoms with E-state index in [1.807, 2.05) is 164 Å². The Morgan fingerprint density at radius 2 is 0.343 bits per heavy atom. The number of hydrogen-bond donors (Lipinski definition) is 0. The van der Waals surface area contributed by atoms with Crippen LogP contribution in [0.2, 0.25) is 0 Å². The van der Waals surface area contributed by atoms with Crippen LogP contribution < -0.4 is 47.7 Å². The first-order valence-corrected chi connectivity index (χ1v) is 30.8. The summed E-state index contributed by atoms with van der Waals surface area (Å²) in [5.41, 5.74) is 0.0969. The zero-order chi connectivity index (χ0) is 46.2. The molecule has 0 saturated carbocycles. The van der Waals surface area contributed by atoms with Crippen molar-refractivity contribution in [3.8, 4) is 0 Å². The summed E-state index contributed by atoms with van der Waals surface area (Å²) in [5, 5.41) is 8.07. The molecule has 0 radical (unpaired) electrons. The molecule has 0 N–H and O–H groups in total. The van der Waals surface area contributed by atoms with E-state index >= 15 is 0 Å². The van der Waals surface area contributed by atoms with E-state index in [-0.39, 0.29) is 16.9 Å². The van der Waals surface area contributed by atoms with Crippen molar-refractivity contribution in [2.24, 2.45) is 0 Å². The molecule has 0 aromatic heterocycles. The average Bonchev–Trinajstić information content (AvgIpc) is 3.43. The fraction of sp³-hybridized carbons (Fsp3) is 0.0526. The standard InChI is InChI=1S/C57H51BCl3O3P3/c59-46-65(49-28-10-1-11-29-49,50-30-12-2-13-31-50,51-32-14-3-15-33-51)62-58(63-66(47-60,52-34-16-4-17-35-52,53-36-18-5-19-37-53)54-38-20-6-21-39-54)64-67(48-61,55-40-22-7-23-41-55,56-42-24-8-25-43-56)57-44-26-9-27-45-57/h1-45H,46-48H2.